The third-order valence-corrected chi connectivity index (χ3v) is 3.40. The van der Waals surface area contributed by atoms with Gasteiger partial charge < -0.3 is 15.7 Å². The summed E-state index contributed by atoms with van der Waals surface area (Å²) >= 11 is 0. The molecule has 98 valence electrons. The van der Waals surface area contributed by atoms with E-state index in [1.165, 1.54) is 0 Å². The molecule has 0 bridgehead atoms. The average molecular weight is 248 g/mol. The number of benzene rings is 1. The zero-order chi connectivity index (χ0) is 13.1. The molecule has 0 radical (unpaired) electrons. The maximum atomic E-state index is 11.1. The minimum atomic E-state index is 0.0746. The predicted octanol–water partition coefficient (Wildman–Crippen LogP) is 1.63. The highest BCUT2D eigenvalue weighted by molar-refractivity contribution is 5.76. The van der Waals surface area contributed by atoms with Crippen LogP contribution in [0.1, 0.15) is 36.9 Å². The van der Waals surface area contributed by atoms with E-state index >= 15 is 0 Å². The van der Waals surface area contributed by atoms with Crippen molar-refractivity contribution in [2.75, 3.05) is 6.54 Å². The van der Waals surface area contributed by atoms with Gasteiger partial charge in [0.15, 0.2) is 0 Å². The van der Waals surface area contributed by atoms with Gasteiger partial charge in [0.05, 0.1) is 0 Å². The molecule has 2 unspecified atom stereocenters. The number of phenols is 1. The van der Waals surface area contributed by atoms with Crippen LogP contribution in [0.5, 0.6) is 5.75 Å². The maximum Gasteiger partial charge on any atom is 0.220 e. The first kappa shape index (κ1) is 12.9. The monoisotopic (exact) mass is 248 g/mol. The normalized spacial score (nSPS) is 21.4. The SMILES string of the molecule is Cc1ccc(C(C)NC2CCC(=O)NC2)c(O)c1. The lowest BCUT2D eigenvalue weighted by Crippen LogP contribution is -2.46. The summed E-state index contributed by atoms with van der Waals surface area (Å²) in [5.74, 6) is 0.453. The number of hydrogen-bond acceptors (Lipinski definition) is 3. The summed E-state index contributed by atoms with van der Waals surface area (Å²) < 4.78 is 0. The molecule has 1 heterocycles. The minimum Gasteiger partial charge on any atom is -0.508 e. The van der Waals surface area contributed by atoms with Crippen molar-refractivity contribution in [3.8, 4) is 5.75 Å². The van der Waals surface area contributed by atoms with Gasteiger partial charge in [-0.2, -0.15) is 0 Å². The first-order valence-electron chi connectivity index (χ1n) is 6.38. The van der Waals surface area contributed by atoms with E-state index in [0.717, 1.165) is 17.5 Å². The Balaban J connectivity index is 1.98. The molecule has 2 atom stereocenters. The van der Waals surface area contributed by atoms with E-state index in [4.69, 9.17) is 0 Å². The second-order valence-corrected chi connectivity index (χ2v) is 4.99. The van der Waals surface area contributed by atoms with E-state index in [2.05, 4.69) is 10.6 Å². The Morgan fingerprint density at radius 3 is 2.89 bits per heavy atom. The zero-order valence-electron chi connectivity index (χ0n) is 10.9. The third kappa shape index (κ3) is 3.01. The molecule has 2 rings (SSSR count). The van der Waals surface area contributed by atoms with Gasteiger partial charge in [-0.05, 0) is 31.9 Å². The number of hydrogen-bond donors (Lipinski definition) is 3. The number of carbonyl (C=O) groups is 1. The molecule has 0 spiro atoms. The molecule has 4 heteroatoms. The summed E-state index contributed by atoms with van der Waals surface area (Å²) in [6, 6.07) is 6.07. The molecule has 1 aliphatic heterocycles. The molecule has 1 fully saturated rings. The van der Waals surface area contributed by atoms with Crippen molar-refractivity contribution in [2.24, 2.45) is 0 Å². The van der Waals surface area contributed by atoms with Crippen LogP contribution in [0.3, 0.4) is 0 Å². The number of amides is 1. The number of phenolic OH excluding ortho intramolecular Hbond substituents is 1. The number of aryl methyl sites for hydroxylation is 1. The van der Waals surface area contributed by atoms with Crippen LogP contribution < -0.4 is 10.6 Å². The molecular formula is C14H20N2O2. The van der Waals surface area contributed by atoms with Crippen LogP contribution in [-0.4, -0.2) is 23.6 Å². The smallest absolute Gasteiger partial charge is 0.220 e. The van der Waals surface area contributed by atoms with Gasteiger partial charge in [0, 0.05) is 30.6 Å². The van der Waals surface area contributed by atoms with Crippen molar-refractivity contribution in [3.63, 3.8) is 0 Å². The van der Waals surface area contributed by atoms with Crippen LogP contribution in [0.2, 0.25) is 0 Å². The van der Waals surface area contributed by atoms with Crippen molar-refractivity contribution in [1.29, 1.82) is 0 Å². The maximum absolute atomic E-state index is 11.1. The lowest BCUT2D eigenvalue weighted by atomic mass is 10.0. The molecule has 3 N–H and O–H groups in total. The Labute approximate surface area is 107 Å². The van der Waals surface area contributed by atoms with Crippen LogP contribution in [0.25, 0.3) is 0 Å². The molecule has 1 amide bonds. The topological polar surface area (TPSA) is 61.4 Å². The van der Waals surface area contributed by atoms with Gasteiger partial charge >= 0.3 is 0 Å². The van der Waals surface area contributed by atoms with Crippen LogP contribution >= 0.6 is 0 Å². The predicted molar refractivity (Wildman–Crippen MR) is 70.4 cm³/mol. The molecule has 0 aromatic heterocycles. The molecule has 1 aliphatic rings. The second kappa shape index (κ2) is 5.40. The first-order chi connectivity index (χ1) is 8.56. The quantitative estimate of drug-likeness (QED) is 0.762. The van der Waals surface area contributed by atoms with Gasteiger partial charge in [-0.25, -0.2) is 0 Å². The Kier molecular flexibility index (Phi) is 3.87. The summed E-state index contributed by atoms with van der Waals surface area (Å²) in [6.45, 7) is 4.65. The third-order valence-electron chi connectivity index (χ3n) is 3.40. The van der Waals surface area contributed by atoms with E-state index in [-0.39, 0.29) is 18.0 Å². The Morgan fingerprint density at radius 1 is 1.50 bits per heavy atom. The highest BCUT2D eigenvalue weighted by atomic mass is 16.3. The fourth-order valence-electron chi connectivity index (χ4n) is 2.34. The largest absolute Gasteiger partial charge is 0.508 e. The Morgan fingerprint density at radius 2 is 2.28 bits per heavy atom. The van der Waals surface area contributed by atoms with Crippen molar-refractivity contribution in [1.82, 2.24) is 10.6 Å². The van der Waals surface area contributed by atoms with Crippen molar-refractivity contribution >= 4 is 5.91 Å². The van der Waals surface area contributed by atoms with E-state index in [1.807, 2.05) is 26.0 Å². The number of piperidine rings is 1. The average Bonchev–Trinajstić information content (AvgIpc) is 2.32. The van der Waals surface area contributed by atoms with Gasteiger partial charge in [0.25, 0.3) is 0 Å². The standard InChI is InChI=1S/C14H20N2O2/c1-9-3-5-12(13(17)7-9)10(2)16-11-4-6-14(18)15-8-11/h3,5,7,10-11,16-17H,4,6,8H2,1-2H3,(H,15,18). The van der Waals surface area contributed by atoms with Crippen LogP contribution in [-0.2, 0) is 4.79 Å². The summed E-state index contributed by atoms with van der Waals surface area (Å²) in [4.78, 5) is 11.1. The Hall–Kier alpha value is -1.55. The Bertz CT molecular complexity index is 435. The minimum absolute atomic E-state index is 0.0746. The number of nitrogens with one attached hydrogen (secondary N) is 2. The molecule has 0 saturated carbocycles. The summed E-state index contributed by atoms with van der Waals surface area (Å²) in [7, 11) is 0. The molecule has 4 nitrogen and oxygen atoms in total. The molecule has 18 heavy (non-hydrogen) atoms. The lowest BCUT2D eigenvalue weighted by molar-refractivity contribution is -0.122. The van der Waals surface area contributed by atoms with Gasteiger partial charge in [0.1, 0.15) is 5.75 Å². The molecular weight excluding hydrogens is 228 g/mol. The zero-order valence-corrected chi connectivity index (χ0v) is 10.9. The lowest BCUT2D eigenvalue weighted by Gasteiger charge is -2.27. The van der Waals surface area contributed by atoms with E-state index < -0.39 is 0 Å². The van der Waals surface area contributed by atoms with E-state index in [0.29, 0.717) is 18.7 Å². The second-order valence-electron chi connectivity index (χ2n) is 4.99. The van der Waals surface area contributed by atoms with Gasteiger partial charge in [-0.3, -0.25) is 4.79 Å². The summed E-state index contributed by atoms with van der Waals surface area (Å²) in [5.41, 5.74) is 1.95. The number of aromatic hydroxyl groups is 1. The number of rotatable bonds is 3. The van der Waals surface area contributed by atoms with Crippen LogP contribution in [0.15, 0.2) is 18.2 Å². The van der Waals surface area contributed by atoms with E-state index in [9.17, 15) is 9.90 Å². The van der Waals surface area contributed by atoms with E-state index in [1.54, 1.807) is 6.07 Å². The van der Waals surface area contributed by atoms with Gasteiger partial charge in [0.2, 0.25) is 5.91 Å². The fourth-order valence-corrected chi connectivity index (χ4v) is 2.34. The van der Waals surface area contributed by atoms with Crippen molar-refractivity contribution < 1.29 is 9.90 Å². The highest BCUT2D eigenvalue weighted by Gasteiger charge is 2.20. The first-order valence-corrected chi connectivity index (χ1v) is 6.38. The summed E-state index contributed by atoms with van der Waals surface area (Å²) in [5, 5.41) is 16.2. The summed E-state index contributed by atoms with van der Waals surface area (Å²) in [6.07, 6.45) is 1.42. The van der Waals surface area contributed by atoms with Gasteiger partial charge in [-0.1, -0.05) is 12.1 Å². The molecule has 1 saturated heterocycles. The molecule has 1 aromatic carbocycles. The fraction of sp³-hybridized carbons (Fsp3) is 0.500. The van der Waals surface area contributed by atoms with Crippen molar-refractivity contribution in [3.05, 3.63) is 29.3 Å². The van der Waals surface area contributed by atoms with Crippen LogP contribution in [0.4, 0.5) is 0 Å². The van der Waals surface area contributed by atoms with Crippen LogP contribution in [0, 0.1) is 6.92 Å². The highest BCUT2D eigenvalue weighted by Crippen LogP contribution is 2.25. The molecule has 1 aromatic rings. The van der Waals surface area contributed by atoms with Gasteiger partial charge in [-0.15, -0.1) is 0 Å². The molecule has 0 aliphatic carbocycles. The van der Waals surface area contributed by atoms with Crippen molar-refractivity contribution in [2.45, 2.75) is 38.8 Å². The number of carbonyl (C=O) groups excluding carboxylic acids is 1.